The lowest BCUT2D eigenvalue weighted by molar-refractivity contribution is -0.118. The molecule has 0 saturated carbocycles. The molecule has 1 aromatic heterocycles. The van der Waals surface area contributed by atoms with Gasteiger partial charge in [0.1, 0.15) is 5.00 Å². The van der Waals surface area contributed by atoms with Crippen LogP contribution in [0, 0.1) is 5.92 Å². The molecule has 1 heterocycles. The zero-order valence-corrected chi connectivity index (χ0v) is 11.5. The van der Waals surface area contributed by atoms with Gasteiger partial charge in [0.15, 0.2) is 0 Å². The highest BCUT2D eigenvalue weighted by atomic mass is 32.1. The van der Waals surface area contributed by atoms with E-state index in [1.54, 1.807) is 18.4 Å². The zero-order valence-electron chi connectivity index (χ0n) is 10.7. The predicted octanol–water partition coefficient (Wildman–Crippen LogP) is 1.85. The molecule has 0 aliphatic rings. The number of nitrogens with two attached hydrogens (primary N) is 1. The minimum absolute atomic E-state index is 0.0380. The van der Waals surface area contributed by atoms with Gasteiger partial charge in [-0.25, -0.2) is 4.79 Å². The number of carbonyl (C=O) groups excluding carboxylic acids is 2. The van der Waals surface area contributed by atoms with E-state index in [9.17, 15) is 9.59 Å². The van der Waals surface area contributed by atoms with Gasteiger partial charge in [0.25, 0.3) is 0 Å². The van der Waals surface area contributed by atoms with Crippen molar-refractivity contribution in [1.29, 1.82) is 0 Å². The van der Waals surface area contributed by atoms with Crippen molar-refractivity contribution in [2.45, 2.75) is 26.8 Å². The molecule has 0 unspecified atom stereocenters. The molecule has 3 N–H and O–H groups in total. The molecular weight excluding hydrogens is 252 g/mol. The summed E-state index contributed by atoms with van der Waals surface area (Å²) in [5.74, 6) is -0.693. The fraction of sp³-hybridized carbons (Fsp3) is 0.500. The third kappa shape index (κ3) is 3.54. The Bertz CT molecular complexity index is 429. The number of hydrogen-bond donors (Lipinski definition) is 2. The van der Waals surface area contributed by atoms with Crippen LogP contribution in [0.4, 0.5) is 5.00 Å². The number of nitrogens with one attached hydrogen (secondary N) is 1. The molecule has 0 saturated heterocycles. The number of ether oxygens (including phenoxy) is 1. The number of esters is 1. The van der Waals surface area contributed by atoms with Crippen LogP contribution in [0.5, 0.6) is 0 Å². The van der Waals surface area contributed by atoms with Crippen molar-refractivity contribution < 1.29 is 14.3 Å². The van der Waals surface area contributed by atoms with Crippen LogP contribution in [0.1, 0.15) is 31.1 Å². The van der Waals surface area contributed by atoms with Crippen molar-refractivity contribution in [3.05, 3.63) is 17.0 Å². The number of thiophene rings is 1. The maximum Gasteiger partial charge on any atom is 0.341 e. The number of carbonyl (C=O) groups is 2. The second-order valence-electron chi connectivity index (χ2n) is 4.14. The van der Waals surface area contributed by atoms with Crippen LogP contribution in [0.3, 0.4) is 0 Å². The van der Waals surface area contributed by atoms with Gasteiger partial charge in [0.2, 0.25) is 5.91 Å². The second-order valence-corrected chi connectivity index (χ2v) is 5.06. The highest BCUT2D eigenvalue weighted by Gasteiger charge is 2.21. The summed E-state index contributed by atoms with van der Waals surface area (Å²) in [6.07, 6.45) is 0. The SMILES string of the molecule is CCOC(=O)c1ccsc1NC(=O)[C@@H](N)C(C)C. The van der Waals surface area contributed by atoms with Gasteiger partial charge in [-0.05, 0) is 24.3 Å². The first-order chi connectivity index (χ1) is 8.47. The summed E-state index contributed by atoms with van der Waals surface area (Å²) in [6, 6.07) is 1.03. The third-order valence-corrected chi connectivity index (χ3v) is 3.25. The first-order valence-electron chi connectivity index (χ1n) is 5.78. The Morgan fingerprint density at radius 3 is 2.72 bits per heavy atom. The van der Waals surface area contributed by atoms with Crippen molar-refractivity contribution >= 4 is 28.2 Å². The molecule has 5 nitrogen and oxygen atoms in total. The Labute approximate surface area is 110 Å². The van der Waals surface area contributed by atoms with Gasteiger partial charge >= 0.3 is 5.97 Å². The first kappa shape index (κ1) is 14.7. The van der Waals surface area contributed by atoms with Gasteiger partial charge in [-0.3, -0.25) is 4.79 Å². The summed E-state index contributed by atoms with van der Waals surface area (Å²) in [7, 11) is 0. The van der Waals surface area contributed by atoms with Gasteiger partial charge in [-0.2, -0.15) is 0 Å². The molecule has 1 rings (SSSR count). The van der Waals surface area contributed by atoms with Crippen LogP contribution < -0.4 is 11.1 Å². The lowest BCUT2D eigenvalue weighted by Gasteiger charge is -2.15. The van der Waals surface area contributed by atoms with Crippen LogP contribution >= 0.6 is 11.3 Å². The van der Waals surface area contributed by atoms with E-state index in [2.05, 4.69) is 5.32 Å². The maximum absolute atomic E-state index is 11.8. The van der Waals surface area contributed by atoms with Crippen molar-refractivity contribution in [2.75, 3.05) is 11.9 Å². The van der Waals surface area contributed by atoms with E-state index in [0.29, 0.717) is 17.2 Å². The smallest absolute Gasteiger partial charge is 0.341 e. The molecular formula is C12H18N2O3S. The largest absolute Gasteiger partial charge is 0.462 e. The Morgan fingerprint density at radius 2 is 2.17 bits per heavy atom. The highest BCUT2D eigenvalue weighted by Crippen LogP contribution is 2.24. The van der Waals surface area contributed by atoms with Crippen molar-refractivity contribution in [3.8, 4) is 0 Å². The molecule has 100 valence electrons. The maximum atomic E-state index is 11.8. The number of amides is 1. The summed E-state index contributed by atoms with van der Waals surface area (Å²) in [5, 5.41) is 4.87. The minimum atomic E-state index is -0.595. The van der Waals surface area contributed by atoms with E-state index < -0.39 is 12.0 Å². The van der Waals surface area contributed by atoms with Gasteiger partial charge in [0.05, 0.1) is 18.2 Å². The summed E-state index contributed by atoms with van der Waals surface area (Å²) in [6.45, 7) is 5.76. The average molecular weight is 270 g/mol. The Hall–Kier alpha value is -1.40. The normalized spacial score (nSPS) is 12.3. The lowest BCUT2D eigenvalue weighted by atomic mass is 10.1. The first-order valence-corrected chi connectivity index (χ1v) is 6.66. The topological polar surface area (TPSA) is 81.4 Å². The van der Waals surface area contributed by atoms with E-state index in [-0.39, 0.29) is 11.8 Å². The molecule has 0 spiro atoms. The van der Waals surface area contributed by atoms with Gasteiger partial charge in [-0.1, -0.05) is 13.8 Å². The van der Waals surface area contributed by atoms with E-state index in [1.807, 2.05) is 13.8 Å². The zero-order chi connectivity index (χ0) is 13.7. The van der Waals surface area contributed by atoms with Crippen LogP contribution in [0.25, 0.3) is 0 Å². The highest BCUT2D eigenvalue weighted by molar-refractivity contribution is 7.14. The average Bonchev–Trinajstić information content (AvgIpc) is 2.76. The molecule has 18 heavy (non-hydrogen) atoms. The molecule has 1 aromatic rings. The van der Waals surface area contributed by atoms with E-state index >= 15 is 0 Å². The molecule has 1 amide bonds. The molecule has 0 bridgehead atoms. The Balaban J connectivity index is 2.77. The Morgan fingerprint density at radius 1 is 1.50 bits per heavy atom. The molecule has 0 aliphatic heterocycles. The fourth-order valence-electron chi connectivity index (χ4n) is 1.27. The molecule has 0 aliphatic carbocycles. The van der Waals surface area contributed by atoms with Gasteiger partial charge in [-0.15, -0.1) is 11.3 Å². The molecule has 0 aromatic carbocycles. The van der Waals surface area contributed by atoms with Crippen LogP contribution in [0.2, 0.25) is 0 Å². The molecule has 0 fully saturated rings. The molecule has 1 atom stereocenters. The van der Waals surface area contributed by atoms with Crippen LogP contribution in [-0.4, -0.2) is 24.5 Å². The van der Waals surface area contributed by atoms with E-state index in [1.165, 1.54) is 11.3 Å². The molecule has 6 heteroatoms. The summed E-state index contributed by atoms with van der Waals surface area (Å²) < 4.78 is 4.90. The van der Waals surface area contributed by atoms with E-state index in [0.717, 1.165) is 0 Å². The Kier molecular flexibility index (Phi) is 5.30. The van der Waals surface area contributed by atoms with Crippen molar-refractivity contribution in [2.24, 2.45) is 11.7 Å². The monoisotopic (exact) mass is 270 g/mol. The van der Waals surface area contributed by atoms with Crippen molar-refractivity contribution in [3.63, 3.8) is 0 Å². The van der Waals surface area contributed by atoms with E-state index in [4.69, 9.17) is 10.5 Å². The predicted molar refractivity (Wildman–Crippen MR) is 71.7 cm³/mol. The van der Waals surface area contributed by atoms with Crippen LogP contribution in [-0.2, 0) is 9.53 Å². The van der Waals surface area contributed by atoms with Crippen molar-refractivity contribution in [1.82, 2.24) is 0 Å². The molecule has 0 radical (unpaired) electrons. The number of rotatable bonds is 5. The standard InChI is InChI=1S/C12H18N2O3S/c1-4-17-12(16)8-5-6-18-11(8)14-10(15)9(13)7(2)3/h5-7,9H,4,13H2,1-3H3,(H,14,15)/t9-/m0/s1. The minimum Gasteiger partial charge on any atom is -0.462 e. The summed E-state index contributed by atoms with van der Waals surface area (Å²) >= 11 is 1.27. The quantitative estimate of drug-likeness (QED) is 0.800. The third-order valence-electron chi connectivity index (χ3n) is 2.42. The fourth-order valence-corrected chi connectivity index (χ4v) is 2.05. The van der Waals surface area contributed by atoms with Gasteiger partial charge < -0.3 is 15.8 Å². The number of anilines is 1. The van der Waals surface area contributed by atoms with Gasteiger partial charge in [0, 0.05) is 0 Å². The second kappa shape index (κ2) is 6.51. The summed E-state index contributed by atoms with van der Waals surface area (Å²) in [5.41, 5.74) is 6.10. The van der Waals surface area contributed by atoms with Crippen LogP contribution in [0.15, 0.2) is 11.4 Å². The number of hydrogen-bond acceptors (Lipinski definition) is 5. The lowest BCUT2D eigenvalue weighted by Crippen LogP contribution is -2.39. The summed E-state index contributed by atoms with van der Waals surface area (Å²) in [4.78, 5) is 23.4.